The number of aliphatic hydroxyl groups excluding tert-OH is 1. The lowest BCUT2D eigenvalue weighted by Crippen LogP contribution is -2.57. The zero-order valence-electron chi connectivity index (χ0n) is 15.9. The maximum absolute atomic E-state index is 12.6. The maximum atomic E-state index is 12.6. The molecule has 1 rings (SSSR count). The Morgan fingerprint density at radius 1 is 1.03 bits per heavy atom. The molecule has 0 radical (unpaired) electrons. The van der Waals surface area contributed by atoms with E-state index in [1.165, 1.54) is 0 Å². The first kappa shape index (κ1) is 24.8. The number of carboxylic acids is 2. The molecule has 1 aliphatic rings. The zero-order valence-corrected chi connectivity index (χ0v) is 15.9. The second-order valence-electron chi connectivity index (χ2n) is 6.71. The minimum absolute atomic E-state index is 0.191. The molecular weight excluding hydrogens is 406 g/mol. The van der Waals surface area contributed by atoms with Crippen molar-refractivity contribution >= 4 is 35.6 Å². The van der Waals surface area contributed by atoms with Crippen molar-refractivity contribution in [1.29, 1.82) is 0 Å². The van der Waals surface area contributed by atoms with Gasteiger partial charge in [0.1, 0.15) is 24.2 Å². The van der Waals surface area contributed by atoms with Crippen molar-refractivity contribution < 1.29 is 44.1 Å². The third-order valence-electron chi connectivity index (χ3n) is 4.38. The first-order chi connectivity index (χ1) is 14.0. The number of rotatable bonds is 11. The van der Waals surface area contributed by atoms with Crippen LogP contribution in [0.3, 0.4) is 0 Å². The molecule has 0 saturated carbocycles. The van der Waals surface area contributed by atoms with Crippen LogP contribution in [0.1, 0.15) is 25.7 Å². The molecular formula is C16H25N5O9. The Kier molecular flexibility index (Phi) is 9.14. The van der Waals surface area contributed by atoms with E-state index in [-0.39, 0.29) is 13.0 Å². The predicted molar refractivity (Wildman–Crippen MR) is 97.4 cm³/mol. The van der Waals surface area contributed by atoms with Gasteiger partial charge in [-0.25, -0.2) is 4.79 Å². The van der Waals surface area contributed by atoms with Gasteiger partial charge in [-0.3, -0.25) is 24.0 Å². The number of nitrogens with two attached hydrogens (primary N) is 2. The van der Waals surface area contributed by atoms with E-state index in [9.17, 15) is 28.8 Å². The lowest BCUT2D eigenvalue weighted by molar-refractivity contribution is -0.147. The minimum atomic E-state index is -1.80. The highest BCUT2D eigenvalue weighted by atomic mass is 16.4. The number of carbonyl (C=O) groups is 6. The molecule has 4 amide bonds. The SMILES string of the molecule is NC(=O)CC(NC(=O)C1CCCN1C(=O)C(N)CO)C(=O)NC(CC(=O)O)C(=O)O. The Morgan fingerprint density at radius 2 is 1.67 bits per heavy atom. The van der Waals surface area contributed by atoms with E-state index in [0.717, 1.165) is 4.90 Å². The summed E-state index contributed by atoms with van der Waals surface area (Å²) >= 11 is 0. The lowest BCUT2D eigenvalue weighted by Gasteiger charge is -2.28. The number of hydrogen-bond donors (Lipinski definition) is 7. The quantitative estimate of drug-likeness (QED) is 0.166. The minimum Gasteiger partial charge on any atom is -0.481 e. The topological polar surface area (TPSA) is 242 Å². The van der Waals surface area contributed by atoms with Crippen LogP contribution < -0.4 is 22.1 Å². The number of carboxylic acid groups (broad SMARTS) is 2. The Labute approximate surface area is 170 Å². The molecule has 14 nitrogen and oxygen atoms in total. The molecule has 0 bridgehead atoms. The first-order valence-electron chi connectivity index (χ1n) is 8.98. The molecule has 1 aliphatic heterocycles. The van der Waals surface area contributed by atoms with Crippen LogP contribution in [-0.2, 0) is 28.8 Å². The standard InChI is InChI=1S/C16H25N5O9/c17-7(6-22)15(28)21-3-1-2-10(21)14(27)19-8(4-11(18)23)13(26)20-9(16(29)30)5-12(24)25/h7-10,22H,1-6,17H2,(H2,18,23)(H,19,27)(H,20,26)(H,24,25)(H,29,30). The number of carbonyl (C=O) groups excluding carboxylic acids is 4. The number of nitrogens with one attached hydrogen (secondary N) is 2. The highest BCUT2D eigenvalue weighted by molar-refractivity contribution is 5.96. The van der Waals surface area contributed by atoms with E-state index in [4.69, 9.17) is 26.8 Å². The maximum Gasteiger partial charge on any atom is 0.326 e. The normalized spacial score (nSPS) is 18.7. The molecule has 1 saturated heterocycles. The summed E-state index contributed by atoms with van der Waals surface area (Å²) in [7, 11) is 0. The number of amides is 4. The molecule has 168 valence electrons. The van der Waals surface area contributed by atoms with Crippen LogP contribution in [0.2, 0.25) is 0 Å². The number of aliphatic carboxylic acids is 2. The van der Waals surface area contributed by atoms with E-state index in [0.29, 0.717) is 6.42 Å². The molecule has 9 N–H and O–H groups in total. The van der Waals surface area contributed by atoms with Gasteiger partial charge >= 0.3 is 11.9 Å². The van der Waals surface area contributed by atoms with Gasteiger partial charge in [0.2, 0.25) is 23.6 Å². The Bertz CT molecular complexity index is 713. The van der Waals surface area contributed by atoms with Gasteiger partial charge in [0.15, 0.2) is 0 Å². The fraction of sp³-hybridized carbons (Fsp3) is 0.625. The summed E-state index contributed by atoms with van der Waals surface area (Å²) in [5, 5.41) is 31.0. The van der Waals surface area contributed by atoms with E-state index in [1.54, 1.807) is 0 Å². The summed E-state index contributed by atoms with van der Waals surface area (Å²) in [5.41, 5.74) is 10.6. The number of aliphatic hydroxyl groups is 1. The predicted octanol–water partition coefficient (Wildman–Crippen LogP) is -4.30. The van der Waals surface area contributed by atoms with Crippen LogP contribution in [-0.4, -0.2) is 93.1 Å². The van der Waals surface area contributed by atoms with Gasteiger partial charge < -0.3 is 42.3 Å². The van der Waals surface area contributed by atoms with Crippen molar-refractivity contribution in [2.45, 2.75) is 49.9 Å². The molecule has 0 aliphatic carbocycles. The van der Waals surface area contributed by atoms with Crippen molar-refractivity contribution in [3.8, 4) is 0 Å². The van der Waals surface area contributed by atoms with Gasteiger partial charge in [-0.1, -0.05) is 0 Å². The van der Waals surface area contributed by atoms with Gasteiger partial charge in [-0.2, -0.15) is 0 Å². The average molecular weight is 431 g/mol. The van der Waals surface area contributed by atoms with E-state index in [1.807, 2.05) is 5.32 Å². The Hall–Kier alpha value is -3.26. The summed E-state index contributed by atoms with van der Waals surface area (Å²) in [5.74, 6) is -6.70. The molecule has 4 unspecified atom stereocenters. The van der Waals surface area contributed by atoms with Crippen molar-refractivity contribution in [3.05, 3.63) is 0 Å². The number of likely N-dealkylation sites (tertiary alicyclic amines) is 1. The lowest BCUT2D eigenvalue weighted by atomic mass is 10.1. The molecule has 14 heteroatoms. The second-order valence-corrected chi connectivity index (χ2v) is 6.71. The van der Waals surface area contributed by atoms with Crippen LogP contribution in [0.15, 0.2) is 0 Å². The molecule has 0 aromatic rings. The van der Waals surface area contributed by atoms with Crippen LogP contribution >= 0.6 is 0 Å². The smallest absolute Gasteiger partial charge is 0.326 e. The van der Waals surface area contributed by atoms with Crippen molar-refractivity contribution in [2.24, 2.45) is 11.5 Å². The number of nitrogens with zero attached hydrogens (tertiary/aromatic N) is 1. The van der Waals surface area contributed by atoms with Gasteiger partial charge in [-0.05, 0) is 12.8 Å². The molecule has 0 aromatic heterocycles. The summed E-state index contributed by atoms with van der Waals surface area (Å²) in [6.07, 6.45) is -0.929. The largest absolute Gasteiger partial charge is 0.481 e. The molecule has 1 fully saturated rings. The van der Waals surface area contributed by atoms with E-state index in [2.05, 4.69) is 5.32 Å². The molecule has 30 heavy (non-hydrogen) atoms. The molecule has 0 aromatic carbocycles. The van der Waals surface area contributed by atoms with Gasteiger partial charge in [0.25, 0.3) is 0 Å². The molecule has 4 atom stereocenters. The third-order valence-corrected chi connectivity index (χ3v) is 4.38. The second kappa shape index (κ2) is 11.1. The summed E-state index contributed by atoms with van der Waals surface area (Å²) in [6, 6.07) is -5.63. The van der Waals surface area contributed by atoms with Gasteiger partial charge in [-0.15, -0.1) is 0 Å². The summed E-state index contributed by atoms with van der Waals surface area (Å²) < 4.78 is 0. The monoisotopic (exact) mass is 431 g/mol. The van der Waals surface area contributed by atoms with Crippen LogP contribution in [0.4, 0.5) is 0 Å². The number of primary amides is 1. The highest BCUT2D eigenvalue weighted by Gasteiger charge is 2.38. The Morgan fingerprint density at radius 3 is 2.17 bits per heavy atom. The van der Waals surface area contributed by atoms with Crippen molar-refractivity contribution in [2.75, 3.05) is 13.2 Å². The van der Waals surface area contributed by atoms with Crippen LogP contribution in [0.25, 0.3) is 0 Å². The fourth-order valence-corrected chi connectivity index (χ4v) is 2.92. The molecule has 0 spiro atoms. The van der Waals surface area contributed by atoms with E-state index < -0.39 is 79.2 Å². The highest BCUT2D eigenvalue weighted by Crippen LogP contribution is 2.18. The fourth-order valence-electron chi connectivity index (χ4n) is 2.92. The summed E-state index contributed by atoms with van der Waals surface area (Å²) in [4.78, 5) is 71.5. The Balaban J connectivity index is 2.93. The average Bonchev–Trinajstić information content (AvgIpc) is 3.14. The van der Waals surface area contributed by atoms with E-state index >= 15 is 0 Å². The van der Waals surface area contributed by atoms with Gasteiger partial charge in [0.05, 0.1) is 19.4 Å². The molecule has 1 heterocycles. The van der Waals surface area contributed by atoms with Crippen molar-refractivity contribution in [1.82, 2.24) is 15.5 Å². The third kappa shape index (κ3) is 6.97. The van der Waals surface area contributed by atoms with Crippen molar-refractivity contribution in [3.63, 3.8) is 0 Å². The first-order valence-corrected chi connectivity index (χ1v) is 8.98. The van der Waals surface area contributed by atoms with Gasteiger partial charge in [0, 0.05) is 6.54 Å². The van der Waals surface area contributed by atoms with Crippen LogP contribution in [0.5, 0.6) is 0 Å². The number of hydrogen-bond acceptors (Lipinski definition) is 8. The van der Waals surface area contributed by atoms with Crippen LogP contribution in [0, 0.1) is 0 Å². The zero-order chi connectivity index (χ0) is 23.0. The summed E-state index contributed by atoms with van der Waals surface area (Å²) in [6.45, 7) is -0.437.